The fraction of sp³-hybridized carbons (Fsp3) is 0. The third-order valence-electron chi connectivity index (χ3n) is 8.92. The second-order valence-corrected chi connectivity index (χ2v) is 11.6. The molecule has 2 heterocycles. The molecule has 2 aromatic heterocycles. The lowest BCUT2D eigenvalue weighted by atomic mass is 9.96. The lowest BCUT2D eigenvalue weighted by molar-refractivity contribution is 0.672. The first-order chi connectivity index (χ1) is 22.8. The zero-order valence-electron chi connectivity index (χ0n) is 25.0. The van der Waals surface area contributed by atoms with Crippen molar-refractivity contribution in [3.05, 3.63) is 170 Å². The molecule has 0 amide bonds. The van der Waals surface area contributed by atoms with E-state index in [1.807, 2.05) is 6.20 Å². The molecular formula is C43H28N2O. The van der Waals surface area contributed by atoms with Crippen molar-refractivity contribution in [2.75, 3.05) is 4.90 Å². The van der Waals surface area contributed by atoms with Crippen LogP contribution < -0.4 is 4.90 Å². The van der Waals surface area contributed by atoms with Gasteiger partial charge in [-0.05, 0) is 63.4 Å². The monoisotopic (exact) mass is 588 g/mol. The molecular weight excluding hydrogens is 560 g/mol. The predicted molar refractivity (Wildman–Crippen MR) is 192 cm³/mol. The Hall–Kier alpha value is -6.19. The lowest BCUT2D eigenvalue weighted by Gasteiger charge is -2.27. The largest absolute Gasteiger partial charge is 0.451 e. The van der Waals surface area contributed by atoms with Crippen LogP contribution in [0.1, 0.15) is 0 Å². The molecule has 0 fully saturated rings. The Morgan fingerprint density at radius 2 is 1.07 bits per heavy atom. The summed E-state index contributed by atoms with van der Waals surface area (Å²) in [5.74, 6) is 0. The molecule has 7 aromatic carbocycles. The van der Waals surface area contributed by atoms with E-state index in [1.54, 1.807) is 0 Å². The van der Waals surface area contributed by atoms with E-state index in [9.17, 15) is 0 Å². The maximum absolute atomic E-state index is 6.81. The van der Waals surface area contributed by atoms with E-state index < -0.39 is 0 Å². The third kappa shape index (κ3) is 4.25. The summed E-state index contributed by atoms with van der Waals surface area (Å²) in [4.78, 5) is 7.18. The number of pyridine rings is 1. The number of hydrogen-bond donors (Lipinski definition) is 0. The van der Waals surface area contributed by atoms with Crippen molar-refractivity contribution in [1.82, 2.24) is 4.98 Å². The van der Waals surface area contributed by atoms with Gasteiger partial charge in [0, 0.05) is 28.0 Å². The number of benzene rings is 7. The highest BCUT2D eigenvalue weighted by Crippen LogP contribution is 2.46. The van der Waals surface area contributed by atoms with Crippen molar-refractivity contribution < 1.29 is 4.42 Å². The van der Waals surface area contributed by atoms with Crippen molar-refractivity contribution in [3.63, 3.8) is 0 Å². The third-order valence-corrected chi connectivity index (χ3v) is 8.92. The SMILES string of the molecule is c1ccc(-c2ccc(N(c3ccc(-c4ccccc4)c4ccccc34)c3ccnc4c3oc3c5ccccc5ccc43)cc2)cc1. The molecule has 0 bridgehead atoms. The summed E-state index contributed by atoms with van der Waals surface area (Å²) in [6.45, 7) is 0. The maximum atomic E-state index is 6.81. The topological polar surface area (TPSA) is 29.3 Å². The summed E-state index contributed by atoms with van der Waals surface area (Å²) in [7, 11) is 0. The zero-order chi connectivity index (χ0) is 30.5. The highest BCUT2D eigenvalue weighted by molar-refractivity contribution is 6.17. The Balaban J connectivity index is 1.31. The average Bonchev–Trinajstić information content (AvgIpc) is 3.53. The second-order valence-electron chi connectivity index (χ2n) is 11.6. The molecule has 3 heteroatoms. The van der Waals surface area contributed by atoms with E-state index in [4.69, 9.17) is 9.40 Å². The van der Waals surface area contributed by atoms with Gasteiger partial charge in [0.15, 0.2) is 5.58 Å². The first-order valence-electron chi connectivity index (χ1n) is 15.6. The number of hydrogen-bond acceptors (Lipinski definition) is 3. The van der Waals surface area contributed by atoms with E-state index in [-0.39, 0.29) is 0 Å². The summed E-state index contributed by atoms with van der Waals surface area (Å²) in [5, 5.41) is 5.59. The average molecular weight is 589 g/mol. The molecule has 0 unspecified atom stereocenters. The van der Waals surface area contributed by atoms with Gasteiger partial charge in [-0.2, -0.15) is 0 Å². The molecule has 0 N–H and O–H groups in total. The highest BCUT2D eigenvalue weighted by Gasteiger charge is 2.23. The fourth-order valence-corrected chi connectivity index (χ4v) is 6.74. The Labute approximate surface area is 266 Å². The van der Waals surface area contributed by atoms with Crippen LogP contribution in [0.4, 0.5) is 17.1 Å². The van der Waals surface area contributed by atoms with Crippen LogP contribution in [-0.2, 0) is 0 Å². The smallest absolute Gasteiger partial charge is 0.177 e. The van der Waals surface area contributed by atoms with Crippen LogP contribution in [0.25, 0.3) is 65.9 Å². The summed E-state index contributed by atoms with van der Waals surface area (Å²) in [6, 6.07) is 57.7. The summed E-state index contributed by atoms with van der Waals surface area (Å²) in [6.07, 6.45) is 1.90. The van der Waals surface area contributed by atoms with Gasteiger partial charge in [0.2, 0.25) is 0 Å². The first-order valence-corrected chi connectivity index (χ1v) is 15.6. The van der Waals surface area contributed by atoms with Crippen LogP contribution >= 0.6 is 0 Å². The van der Waals surface area contributed by atoms with Gasteiger partial charge in [0.05, 0.1) is 11.4 Å². The number of nitrogens with zero attached hydrogens (tertiary/aromatic N) is 2. The van der Waals surface area contributed by atoms with E-state index >= 15 is 0 Å². The molecule has 216 valence electrons. The number of furan rings is 1. The fourth-order valence-electron chi connectivity index (χ4n) is 6.74. The van der Waals surface area contributed by atoms with Crippen molar-refractivity contribution in [3.8, 4) is 22.3 Å². The van der Waals surface area contributed by atoms with Gasteiger partial charge < -0.3 is 9.32 Å². The molecule has 0 saturated heterocycles. The van der Waals surface area contributed by atoms with Crippen molar-refractivity contribution in [2.24, 2.45) is 0 Å². The van der Waals surface area contributed by atoms with Crippen molar-refractivity contribution in [1.29, 1.82) is 0 Å². The Bertz CT molecular complexity index is 2520. The Kier molecular flexibility index (Phi) is 6.14. The lowest BCUT2D eigenvalue weighted by Crippen LogP contribution is -2.11. The van der Waals surface area contributed by atoms with Crippen molar-refractivity contribution >= 4 is 60.7 Å². The molecule has 0 radical (unpaired) electrons. The zero-order valence-corrected chi connectivity index (χ0v) is 25.0. The minimum Gasteiger partial charge on any atom is -0.451 e. The molecule has 9 aromatic rings. The second kappa shape index (κ2) is 10.8. The van der Waals surface area contributed by atoms with Gasteiger partial charge in [0.1, 0.15) is 11.1 Å². The number of fused-ring (bicyclic) bond motifs is 6. The van der Waals surface area contributed by atoms with Gasteiger partial charge in [0.25, 0.3) is 0 Å². The number of anilines is 3. The molecule has 0 aliphatic heterocycles. The summed E-state index contributed by atoms with van der Waals surface area (Å²) in [5.41, 5.74) is 10.3. The quantitative estimate of drug-likeness (QED) is 0.200. The Morgan fingerprint density at radius 1 is 0.413 bits per heavy atom. The van der Waals surface area contributed by atoms with Crippen LogP contribution in [0.15, 0.2) is 174 Å². The first kappa shape index (κ1) is 26.2. The van der Waals surface area contributed by atoms with Crippen LogP contribution in [0.2, 0.25) is 0 Å². The van der Waals surface area contributed by atoms with E-state index in [2.05, 4.69) is 169 Å². The van der Waals surface area contributed by atoms with Crippen LogP contribution in [0.3, 0.4) is 0 Å². The molecule has 0 spiro atoms. The van der Waals surface area contributed by atoms with Gasteiger partial charge in [-0.15, -0.1) is 0 Å². The van der Waals surface area contributed by atoms with Crippen molar-refractivity contribution in [2.45, 2.75) is 0 Å². The number of aromatic nitrogens is 1. The minimum atomic E-state index is 0.761. The normalized spacial score (nSPS) is 11.5. The molecule has 0 saturated carbocycles. The Morgan fingerprint density at radius 3 is 1.85 bits per heavy atom. The van der Waals surface area contributed by atoms with Gasteiger partial charge in [-0.25, -0.2) is 0 Å². The van der Waals surface area contributed by atoms with Gasteiger partial charge in [-0.1, -0.05) is 133 Å². The van der Waals surface area contributed by atoms with Crippen LogP contribution in [0, 0.1) is 0 Å². The summed E-state index contributed by atoms with van der Waals surface area (Å²) < 4.78 is 6.81. The maximum Gasteiger partial charge on any atom is 0.177 e. The molecule has 9 rings (SSSR count). The molecule has 0 aliphatic carbocycles. The highest BCUT2D eigenvalue weighted by atomic mass is 16.3. The predicted octanol–water partition coefficient (Wildman–Crippen LogP) is 12.1. The number of rotatable bonds is 5. The molecule has 46 heavy (non-hydrogen) atoms. The van der Waals surface area contributed by atoms with Gasteiger partial charge >= 0.3 is 0 Å². The summed E-state index contributed by atoms with van der Waals surface area (Å²) >= 11 is 0. The minimum absolute atomic E-state index is 0.761. The standard InChI is InChI=1S/C43H28N2O/c1-3-11-29(12-4-1)30-19-22-33(23-20-30)45(39-26-25-34(31-13-5-2-6-14-31)36-17-9-10-18-37(36)39)40-27-28-44-41-38-24-21-32-15-7-8-16-35(32)42(38)46-43(40)41/h1-28H. The van der Waals surface area contributed by atoms with E-state index in [0.717, 1.165) is 55.3 Å². The van der Waals surface area contributed by atoms with Crippen LogP contribution in [-0.4, -0.2) is 4.98 Å². The van der Waals surface area contributed by atoms with Gasteiger partial charge in [-0.3, -0.25) is 4.98 Å². The molecule has 0 aliphatic rings. The molecule has 3 nitrogen and oxygen atoms in total. The van der Waals surface area contributed by atoms with E-state index in [0.29, 0.717) is 0 Å². The van der Waals surface area contributed by atoms with E-state index in [1.165, 1.54) is 27.6 Å². The molecule has 0 atom stereocenters. The van der Waals surface area contributed by atoms with Crippen LogP contribution in [0.5, 0.6) is 0 Å².